The summed E-state index contributed by atoms with van der Waals surface area (Å²) in [5.41, 5.74) is 5.56. The Bertz CT molecular complexity index is 152. The van der Waals surface area contributed by atoms with Crippen LogP contribution in [0.1, 0.15) is 13.8 Å². The summed E-state index contributed by atoms with van der Waals surface area (Å²) < 4.78 is 11.3. The second-order valence-electron chi connectivity index (χ2n) is 3.40. The highest BCUT2D eigenvalue weighted by Crippen LogP contribution is 2.28. The molecule has 12 heavy (non-hydrogen) atoms. The van der Waals surface area contributed by atoms with Gasteiger partial charge in [-0.15, -0.1) is 0 Å². The first-order valence-corrected chi connectivity index (χ1v) is 5.53. The first kappa shape index (κ1) is 10.3. The van der Waals surface area contributed by atoms with Crippen LogP contribution in [0, 0.1) is 0 Å². The number of rotatable bonds is 3. The highest BCUT2D eigenvalue weighted by Gasteiger charge is 2.39. The van der Waals surface area contributed by atoms with Crippen molar-refractivity contribution in [2.75, 3.05) is 18.6 Å². The molecular weight excluding hydrogens is 174 g/mol. The summed E-state index contributed by atoms with van der Waals surface area (Å²) in [7, 11) is 0. The van der Waals surface area contributed by atoms with Gasteiger partial charge in [-0.2, -0.15) is 11.8 Å². The molecule has 0 radical (unpaired) electrons. The van der Waals surface area contributed by atoms with E-state index in [-0.39, 0.29) is 12.2 Å². The van der Waals surface area contributed by atoms with E-state index >= 15 is 0 Å². The van der Waals surface area contributed by atoms with Gasteiger partial charge in [-0.1, -0.05) is 0 Å². The molecule has 1 fully saturated rings. The van der Waals surface area contributed by atoms with Gasteiger partial charge in [-0.3, -0.25) is 0 Å². The minimum absolute atomic E-state index is 0.0625. The first-order valence-electron chi connectivity index (χ1n) is 4.13. The standard InChI is InChI=1S/C8H17NO2S/c1-8(2)10-6(4-9)7(11-8)5-12-3/h6-7H,4-5,9H2,1-3H3/t6-,7-/m0/s1. The van der Waals surface area contributed by atoms with Crippen molar-refractivity contribution < 1.29 is 9.47 Å². The van der Waals surface area contributed by atoms with Gasteiger partial charge in [0.1, 0.15) is 6.10 Å². The fraction of sp³-hybridized carbons (Fsp3) is 1.00. The average molecular weight is 191 g/mol. The maximum Gasteiger partial charge on any atom is 0.163 e. The van der Waals surface area contributed by atoms with Crippen molar-refractivity contribution >= 4 is 11.8 Å². The largest absolute Gasteiger partial charge is 0.344 e. The van der Waals surface area contributed by atoms with E-state index in [1.807, 2.05) is 13.8 Å². The molecule has 0 aromatic carbocycles. The molecule has 1 heterocycles. The van der Waals surface area contributed by atoms with Crippen molar-refractivity contribution in [1.82, 2.24) is 0 Å². The first-order chi connectivity index (χ1) is 5.59. The Morgan fingerprint density at radius 3 is 2.42 bits per heavy atom. The van der Waals surface area contributed by atoms with Crippen molar-refractivity contribution in [1.29, 1.82) is 0 Å². The molecule has 0 aromatic rings. The molecule has 0 aliphatic carbocycles. The minimum atomic E-state index is -0.454. The van der Waals surface area contributed by atoms with E-state index in [0.29, 0.717) is 6.54 Å². The molecule has 4 heteroatoms. The van der Waals surface area contributed by atoms with Crippen LogP contribution in [0.2, 0.25) is 0 Å². The number of ether oxygens (including phenoxy) is 2. The molecule has 0 amide bonds. The summed E-state index contributed by atoms with van der Waals surface area (Å²) >= 11 is 1.76. The Morgan fingerprint density at radius 2 is 1.92 bits per heavy atom. The fourth-order valence-corrected chi connectivity index (χ4v) is 2.03. The van der Waals surface area contributed by atoms with E-state index in [0.717, 1.165) is 5.75 Å². The minimum Gasteiger partial charge on any atom is -0.344 e. The zero-order valence-corrected chi connectivity index (χ0v) is 8.69. The number of hydrogen-bond acceptors (Lipinski definition) is 4. The molecular formula is C8H17NO2S. The summed E-state index contributed by atoms with van der Waals surface area (Å²) in [5, 5.41) is 0. The lowest BCUT2D eigenvalue weighted by Crippen LogP contribution is -2.32. The predicted molar refractivity (Wildman–Crippen MR) is 51.3 cm³/mol. The van der Waals surface area contributed by atoms with Crippen molar-refractivity contribution in [2.24, 2.45) is 5.73 Å². The number of nitrogens with two attached hydrogens (primary N) is 1. The van der Waals surface area contributed by atoms with Crippen LogP contribution in [0.25, 0.3) is 0 Å². The van der Waals surface area contributed by atoms with Gasteiger partial charge in [0.2, 0.25) is 0 Å². The van der Waals surface area contributed by atoms with E-state index in [1.54, 1.807) is 11.8 Å². The second kappa shape index (κ2) is 3.96. The Hall–Kier alpha value is 0.230. The van der Waals surface area contributed by atoms with Gasteiger partial charge in [-0.05, 0) is 20.1 Å². The molecule has 72 valence electrons. The van der Waals surface area contributed by atoms with Crippen LogP contribution >= 0.6 is 11.8 Å². The smallest absolute Gasteiger partial charge is 0.163 e. The SMILES string of the molecule is CSC[C@@H]1OC(C)(C)O[C@H]1CN. The van der Waals surface area contributed by atoms with E-state index in [1.165, 1.54) is 0 Å². The quantitative estimate of drug-likeness (QED) is 0.717. The van der Waals surface area contributed by atoms with Gasteiger partial charge in [0.05, 0.1) is 6.10 Å². The monoisotopic (exact) mass is 191 g/mol. The van der Waals surface area contributed by atoms with Crippen LogP contribution in [0.5, 0.6) is 0 Å². The van der Waals surface area contributed by atoms with Crippen LogP contribution < -0.4 is 5.73 Å². The summed E-state index contributed by atoms with van der Waals surface area (Å²) in [6.07, 6.45) is 2.27. The molecule has 0 aromatic heterocycles. The van der Waals surface area contributed by atoms with E-state index < -0.39 is 5.79 Å². The average Bonchev–Trinajstić information content (AvgIpc) is 2.26. The molecule has 1 aliphatic heterocycles. The van der Waals surface area contributed by atoms with Crippen LogP contribution in [0.15, 0.2) is 0 Å². The van der Waals surface area contributed by atoms with Crippen LogP contribution in [0.3, 0.4) is 0 Å². The third-order valence-electron chi connectivity index (χ3n) is 1.85. The molecule has 2 N–H and O–H groups in total. The summed E-state index contributed by atoms with van der Waals surface area (Å²) in [6.45, 7) is 4.39. The van der Waals surface area contributed by atoms with Gasteiger partial charge in [0.25, 0.3) is 0 Å². The molecule has 0 spiro atoms. The van der Waals surface area contributed by atoms with Crippen molar-refractivity contribution in [3.8, 4) is 0 Å². The van der Waals surface area contributed by atoms with Crippen LogP contribution in [-0.4, -0.2) is 36.5 Å². The fourth-order valence-electron chi connectivity index (χ4n) is 1.41. The van der Waals surface area contributed by atoms with Crippen molar-refractivity contribution in [3.63, 3.8) is 0 Å². The van der Waals surface area contributed by atoms with Crippen molar-refractivity contribution in [2.45, 2.75) is 31.8 Å². The zero-order chi connectivity index (χ0) is 9.19. The molecule has 0 bridgehead atoms. The maximum atomic E-state index is 5.67. The Morgan fingerprint density at radius 1 is 1.33 bits per heavy atom. The normalized spacial score (nSPS) is 34.0. The lowest BCUT2D eigenvalue weighted by atomic mass is 10.2. The van der Waals surface area contributed by atoms with Crippen LogP contribution in [-0.2, 0) is 9.47 Å². The molecule has 0 unspecified atom stereocenters. The molecule has 1 rings (SSSR count). The molecule has 2 atom stereocenters. The van der Waals surface area contributed by atoms with Gasteiger partial charge in [-0.25, -0.2) is 0 Å². The lowest BCUT2D eigenvalue weighted by Gasteiger charge is -2.16. The third kappa shape index (κ3) is 2.36. The van der Waals surface area contributed by atoms with Crippen molar-refractivity contribution in [3.05, 3.63) is 0 Å². The summed E-state index contributed by atoms with van der Waals surface area (Å²) in [5.74, 6) is 0.496. The molecule has 1 saturated heterocycles. The predicted octanol–water partition coefficient (Wildman–Crippen LogP) is 0.828. The van der Waals surface area contributed by atoms with E-state index in [2.05, 4.69) is 6.26 Å². The maximum absolute atomic E-state index is 5.67. The molecule has 1 aliphatic rings. The highest BCUT2D eigenvalue weighted by atomic mass is 32.2. The lowest BCUT2D eigenvalue weighted by molar-refractivity contribution is -0.143. The molecule has 3 nitrogen and oxygen atoms in total. The van der Waals surface area contributed by atoms with Crippen LogP contribution in [0.4, 0.5) is 0 Å². The van der Waals surface area contributed by atoms with Gasteiger partial charge in [0.15, 0.2) is 5.79 Å². The Balaban J connectivity index is 2.50. The second-order valence-corrected chi connectivity index (χ2v) is 4.31. The number of hydrogen-bond donors (Lipinski definition) is 1. The Kier molecular flexibility index (Phi) is 3.40. The van der Waals surface area contributed by atoms with E-state index in [9.17, 15) is 0 Å². The third-order valence-corrected chi connectivity index (χ3v) is 2.51. The van der Waals surface area contributed by atoms with Gasteiger partial charge >= 0.3 is 0 Å². The molecule has 0 saturated carbocycles. The summed E-state index contributed by atoms with van der Waals surface area (Å²) in [6, 6.07) is 0. The topological polar surface area (TPSA) is 44.5 Å². The summed E-state index contributed by atoms with van der Waals surface area (Å²) in [4.78, 5) is 0. The highest BCUT2D eigenvalue weighted by molar-refractivity contribution is 7.98. The Labute approximate surface area is 78.0 Å². The van der Waals surface area contributed by atoms with Gasteiger partial charge < -0.3 is 15.2 Å². The van der Waals surface area contributed by atoms with E-state index in [4.69, 9.17) is 15.2 Å². The number of thioether (sulfide) groups is 1. The zero-order valence-electron chi connectivity index (χ0n) is 7.87. The van der Waals surface area contributed by atoms with Gasteiger partial charge in [0, 0.05) is 12.3 Å².